The van der Waals surface area contributed by atoms with Gasteiger partial charge in [0.15, 0.2) is 0 Å². The quantitative estimate of drug-likeness (QED) is 0.0509. The Morgan fingerprint density at radius 1 is 0.524 bits per heavy atom. The molecule has 0 aromatic rings. The lowest BCUT2D eigenvalue weighted by Gasteiger charge is -2.28. The summed E-state index contributed by atoms with van der Waals surface area (Å²) < 4.78 is 16.9. The van der Waals surface area contributed by atoms with Crippen LogP contribution in [0.3, 0.4) is 0 Å². The number of unbranched alkanes of at least 4 members (excludes halogenated alkanes) is 16. The molecule has 0 aliphatic carbocycles. The van der Waals surface area contributed by atoms with Crippen molar-refractivity contribution in [3.8, 4) is 0 Å². The maximum absolute atomic E-state index is 12.4. The standard InChI is InChI=1S/C34H66N2O6/c1-5-7-9-11-13-14-19-23-27-40-32(37)26-22-18-15-17-21-25-31(42-34(39)29(4)36)30(41-33(38)28(3)35)24-20-16-12-10-8-6-2/h28-31H,5-27,35-36H2,1-4H3/t28-,29+,30?,31?/m0/s1. The zero-order valence-electron chi connectivity index (χ0n) is 27.7. The minimum Gasteiger partial charge on any atom is -0.466 e. The van der Waals surface area contributed by atoms with Gasteiger partial charge in [0.05, 0.1) is 6.61 Å². The van der Waals surface area contributed by atoms with Crippen LogP contribution in [0.2, 0.25) is 0 Å². The molecule has 0 rings (SSSR count). The third-order valence-electron chi connectivity index (χ3n) is 7.67. The van der Waals surface area contributed by atoms with E-state index in [4.69, 9.17) is 25.7 Å². The van der Waals surface area contributed by atoms with E-state index in [0.29, 0.717) is 25.9 Å². The van der Waals surface area contributed by atoms with Crippen molar-refractivity contribution in [3.63, 3.8) is 0 Å². The molecule has 0 saturated carbocycles. The summed E-state index contributed by atoms with van der Waals surface area (Å²) in [7, 11) is 0. The lowest BCUT2D eigenvalue weighted by molar-refractivity contribution is -0.170. The van der Waals surface area contributed by atoms with Crippen LogP contribution < -0.4 is 11.5 Å². The number of carbonyl (C=O) groups is 3. The van der Waals surface area contributed by atoms with E-state index in [1.807, 2.05) is 0 Å². The third kappa shape index (κ3) is 23.8. The number of carbonyl (C=O) groups excluding carboxylic acids is 3. The van der Waals surface area contributed by atoms with Gasteiger partial charge in [0.25, 0.3) is 0 Å². The second-order valence-corrected chi connectivity index (χ2v) is 12.1. The first-order valence-electron chi connectivity index (χ1n) is 17.3. The van der Waals surface area contributed by atoms with Crippen LogP contribution in [-0.4, -0.2) is 48.8 Å². The van der Waals surface area contributed by atoms with Crippen LogP contribution in [0.1, 0.15) is 169 Å². The van der Waals surface area contributed by atoms with Crippen molar-refractivity contribution in [2.45, 2.75) is 193 Å². The SMILES string of the molecule is CCCCCCCCCCOC(=O)CCCCCCCC(OC(=O)[C@@H](C)N)C(CCCCCCCC)OC(=O)[C@H](C)N. The summed E-state index contributed by atoms with van der Waals surface area (Å²) in [6.45, 7) is 8.14. The van der Waals surface area contributed by atoms with Crippen LogP contribution in [0.25, 0.3) is 0 Å². The maximum atomic E-state index is 12.4. The number of nitrogens with two attached hydrogens (primary N) is 2. The van der Waals surface area contributed by atoms with E-state index >= 15 is 0 Å². The van der Waals surface area contributed by atoms with Gasteiger partial charge >= 0.3 is 17.9 Å². The molecule has 4 atom stereocenters. The van der Waals surface area contributed by atoms with Gasteiger partial charge < -0.3 is 25.7 Å². The molecule has 0 aliphatic heterocycles. The van der Waals surface area contributed by atoms with E-state index in [0.717, 1.165) is 64.2 Å². The van der Waals surface area contributed by atoms with E-state index in [2.05, 4.69) is 13.8 Å². The topological polar surface area (TPSA) is 131 Å². The van der Waals surface area contributed by atoms with Gasteiger partial charge in [0, 0.05) is 6.42 Å². The zero-order chi connectivity index (χ0) is 31.4. The van der Waals surface area contributed by atoms with Gasteiger partial charge in [-0.25, -0.2) is 0 Å². The molecular formula is C34H66N2O6. The first-order chi connectivity index (χ1) is 20.2. The fourth-order valence-electron chi connectivity index (χ4n) is 4.92. The highest BCUT2D eigenvalue weighted by molar-refractivity contribution is 5.76. The van der Waals surface area contributed by atoms with Crippen molar-refractivity contribution >= 4 is 17.9 Å². The molecule has 0 fully saturated rings. The van der Waals surface area contributed by atoms with Crippen molar-refractivity contribution in [2.75, 3.05) is 6.61 Å². The first kappa shape index (κ1) is 40.3. The number of rotatable bonds is 29. The summed E-state index contributed by atoms with van der Waals surface area (Å²) in [5.41, 5.74) is 11.5. The molecule has 0 aromatic heterocycles. The van der Waals surface area contributed by atoms with Gasteiger partial charge in [-0.05, 0) is 52.4 Å². The van der Waals surface area contributed by atoms with E-state index in [9.17, 15) is 14.4 Å². The summed E-state index contributed by atoms with van der Waals surface area (Å²) in [6.07, 6.45) is 21.6. The highest BCUT2D eigenvalue weighted by Gasteiger charge is 2.30. The van der Waals surface area contributed by atoms with Crippen LogP contribution in [0.5, 0.6) is 0 Å². The fourth-order valence-corrected chi connectivity index (χ4v) is 4.92. The zero-order valence-corrected chi connectivity index (χ0v) is 27.7. The molecule has 4 N–H and O–H groups in total. The monoisotopic (exact) mass is 598 g/mol. The first-order valence-corrected chi connectivity index (χ1v) is 17.3. The molecular weight excluding hydrogens is 532 g/mol. The summed E-state index contributed by atoms with van der Waals surface area (Å²) in [6, 6.07) is -1.49. The Kier molecular flexibility index (Phi) is 27.0. The van der Waals surface area contributed by atoms with E-state index in [-0.39, 0.29) is 5.97 Å². The molecule has 0 spiro atoms. The van der Waals surface area contributed by atoms with Gasteiger partial charge in [0.1, 0.15) is 24.3 Å². The maximum Gasteiger partial charge on any atom is 0.323 e. The summed E-state index contributed by atoms with van der Waals surface area (Å²) in [5, 5.41) is 0. The number of hydrogen-bond donors (Lipinski definition) is 2. The number of ether oxygens (including phenoxy) is 3. The van der Waals surface area contributed by atoms with Crippen molar-refractivity contribution in [2.24, 2.45) is 11.5 Å². The van der Waals surface area contributed by atoms with Gasteiger partial charge in [-0.2, -0.15) is 0 Å². The molecule has 0 radical (unpaired) electrons. The summed E-state index contributed by atoms with van der Waals surface area (Å²) >= 11 is 0. The van der Waals surface area contributed by atoms with E-state index < -0.39 is 36.2 Å². The molecule has 42 heavy (non-hydrogen) atoms. The Balaban J connectivity index is 4.45. The Labute approximate surface area is 257 Å². The normalized spacial score (nSPS) is 14.1. The highest BCUT2D eigenvalue weighted by Crippen LogP contribution is 2.21. The van der Waals surface area contributed by atoms with E-state index in [1.165, 1.54) is 57.8 Å². The van der Waals surface area contributed by atoms with Crippen LogP contribution in [0.15, 0.2) is 0 Å². The molecule has 0 bridgehead atoms. The van der Waals surface area contributed by atoms with Gasteiger partial charge in [-0.15, -0.1) is 0 Å². The average Bonchev–Trinajstić information content (AvgIpc) is 2.95. The van der Waals surface area contributed by atoms with Crippen LogP contribution in [0.4, 0.5) is 0 Å². The Bertz CT molecular complexity index is 670. The molecule has 248 valence electrons. The highest BCUT2D eigenvalue weighted by atomic mass is 16.6. The predicted octanol–water partition coefficient (Wildman–Crippen LogP) is 7.67. The Morgan fingerprint density at radius 2 is 0.881 bits per heavy atom. The van der Waals surface area contributed by atoms with Gasteiger partial charge in [-0.1, -0.05) is 110 Å². The fraction of sp³-hybridized carbons (Fsp3) is 0.912. The lowest BCUT2D eigenvalue weighted by atomic mass is 9.99. The summed E-state index contributed by atoms with van der Waals surface area (Å²) in [5.74, 6) is -1.08. The molecule has 0 saturated heterocycles. The van der Waals surface area contributed by atoms with Crippen LogP contribution >= 0.6 is 0 Å². The number of hydrogen-bond acceptors (Lipinski definition) is 8. The Hall–Kier alpha value is -1.67. The molecule has 0 aliphatic rings. The van der Waals surface area contributed by atoms with Crippen LogP contribution in [-0.2, 0) is 28.6 Å². The second kappa shape index (κ2) is 28.1. The van der Waals surface area contributed by atoms with Gasteiger partial charge in [0.2, 0.25) is 0 Å². The second-order valence-electron chi connectivity index (χ2n) is 12.1. The van der Waals surface area contributed by atoms with Gasteiger partial charge in [-0.3, -0.25) is 14.4 Å². The smallest absolute Gasteiger partial charge is 0.323 e. The van der Waals surface area contributed by atoms with Crippen LogP contribution in [0, 0.1) is 0 Å². The molecule has 8 nitrogen and oxygen atoms in total. The summed E-state index contributed by atoms with van der Waals surface area (Å²) in [4.78, 5) is 36.8. The molecule has 0 amide bonds. The molecule has 0 heterocycles. The average molecular weight is 599 g/mol. The number of esters is 3. The molecule has 8 heteroatoms. The van der Waals surface area contributed by atoms with E-state index in [1.54, 1.807) is 13.8 Å². The molecule has 0 aromatic carbocycles. The molecule has 2 unspecified atom stereocenters. The Morgan fingerprint density at radius 3 is 1.29 bits per heavy atom. The van der Waals surface area contributed by atoms with Crippen molar-refractivity contribution in [1.82, 2.24) is 0 Å². The van der Waals surface area contributed by atoms with Crippen molar-refractivity contribution in [1.29, 1.82) is 0 Å². The predicted molar refractivity (Wildman–Crippen MR) is 171 cm³/mol. The van der Waals surface area contributed by atoms with Crippen molar-refractivity contribution < 1.29 is 28.6 Å². The minimum absolute atomic E-state index is 0.102. The lowest BCUT2D eigenvalue weighted by Crippen LogP contribution is -2.42. The third-order valence-corrected chi connectivity index (χ3v) is 7.67. The minimum atomic E-state index is -0.748. The van der Waals surface area contributed by atoms with Crippen molar-refractivity contribution in [3.05, 3.63) is 0 Å². The largest absolute Gasteiger partial charge is 0.466 e.